The molecular formula is C25H29N5O3. The molecule has 1 fully saturated rings. The molecule has 1 amide bonds. The van der Waals surface area contributed by atoms with E-state index in [2.05, 4.69) is 25.5 Å². The zero-order chi connectivity index (χ0) is 23.0. The normalized spacial score (nSPS) is 13.5. The Kier molecular flexibility index (Phi) is 7.36. The highest BCUT2D eigenvalue weighted by atomic mass is 16.5. The lowest BCUT2D eigenvalue weighted by molar-refractivity contribution is -0.116. The van der Waals surface area contributed by atoms with Gasteiger partial charge in [0.25, 0.3) is 0 Å². The van der Waals surface area contributed by atoms with Crippen LogP contribution in [0.5, 0.6) is 5.75 Å². The molecule has 2 heterocycles. The number of aryl methyl sites for hydroxylation is 2. The van der Waals surface area contributed by atoms with Crippen molar-refractivity contribution in [3.05, 3.63) is 65.9 Å². The summed E-state index contributed by atoms with van der Waals surface area (Å²) in [5.41, 5.74) is 3.60. The number of amides is 1. The Bertz CT molecular complexity index is 1060. The molecule has 8 nitrogen and oxygen atoms in total. The molecule has 2 N–H and O–H groups in total. The van der Waals surface area contributed by atoms with Crippen LogP contribution in [0.15, 0.2) is 54.6 Å². The maximum atomic E-state index is 12.3. The molecule has 1 saturated heterocycles. The van der Waals surface area contributed by atoms with Crippen LogP contribution in [0.4, 0.5) is 23.1 Å². The summed E-state index contributed by atoms with van der Waals surface area (Å²) in [6.07, 6.45) is 1.08. The molecule has 0 radical (unpaired) electrons. The predicted octanol–water partition coefficient (Wildman–Crippen LogP) is 3.95. The number of aromatic nitrogens is 2. The number of ether oxygens (including phenoxy) is 2. The minimum Gasteiger partial charge on any atom is -0.497 e. The quantitative estimate of drug-likeness (QED) is 0.541. The van der Waals surface area contributed by atoms with Gasteiger partial charge in [-0.15, -0.1) is 0 Å². The van der Waals surface area contributed by atoms with Crippen LogP contribution in [0.3, 0.4) is 0 Å². The molecule has 0 unspecified atom stereocenters. The van der Waals surface area contributed by atoms with E-state index in [1.54, 1.807) is 7.11 Å². The van der Waals surface area contributed by atoms with E-state index in [0.29, 0.717) is 32.0 Å². The van der Waals surface area contributed by atoms with E-state index in [9.17, 15) is 4.79 Å². The Balaban J connectivity index is 1.31. The highest BCUT2D eigenvalue weighted by Crippen LogP contribution is 2.21. The Morgan fingerprint density at radius 1 is 1.03 bits per heavy atom. The first-order valence-electron chi connectivity index (χ1n) is 11.1. The average molecular weight is 448 g/mol. The Hall–Kier alpha value is -3.65. The third kappa shape index (κ3) is 6.43. The minimum absolute atomic E-state index is 0.0244. The summed E-state index contributed by atoms with van der Waals surface area (Å²) in [7, 11) is 1.64. The smallest absolute Gasteiger partial charge is 0.229 e. The number of nitrogens with one attached hydrogen (secondary N) is 2. The summed E-state index contributed by atoms with van der Waals surface area (Å²) in [6, 6.07) is 17.3. The van der Waals surface area contributed by atoms with Crippen molar-refractivity contribution in [1.29, 1.82) is 0 Å². The van der Waals surface area contributed by atoms with Crippen molar-refractivity contribution >= 4 is 29.0 Å². The van der Waals surface area contributed by atoms with Gasteiger partial charge < -0.3 is 25.0 Å². The summed E-state index contributed by atoms with van der Waals surface area (Å²) in [5, 5.41) is 6.20. The second-order valence-electron chi connectivity index (χ2n) is 7.89. The van der Waals surface area contributed by atoms with E-state index in [4.69, 9.17) is 9.47 Å². The second kappa shape index (κ2) is 10.8. The van der Waals surface area contributed by atoms with E-state index in [0.717, 1.165) is 47.3 Å². The molecule has 0 aliphatic carbocycles. The molecule has 0 bridgehead atoms. The number of benzene rings is 2. The van der Waals surface area contributed by atoms with Gasteiger partial charge in [-0.2, -0.15) is 4.98 Å². The van der Waals surface area contributed by atoms with Gasteiger partial charge >= 0.3 is 0 Å². The first-order valence-corrected chi connectivity index (χ1v) is 11.1. The topological polar surface area (TPSA) is 88.6 Å². The molecule has 1 aromatic heterocycles. The van der Waals surface area contributed by atoms with Crippen molar-refractivity contribution in [2.75, 3.05) is 48.9 Å². The van der Waals surface area contributed by atoms with Crippen molar-refractivity contribution in [3.8, 4) is 5.75 Å². The summed E-state index contributed by atoms with van der Waals surface area (Å²) in [4.78, 5) is 23.7. The van der Waals surface area contributed by atoms with Crippen molar-refractivity contribution in [2.24, 2.45) is 0 Å². The molecule has 8 heteroatoms. The molecule has 33 heavy (non-hydrogen) atoms. The van der Waals surface area contributed by atoms with Gasteiger partial charge in [0.15, 0.2) is 0 Å². The van der Waals surface area contributed by atoms with E-state index in [1.165, 1.54) is 0 Å². The SMILES string of the molecule is COc1ccc(CCC(=O)Nc2ccc(Nc3nc(C)cc(N4CCOCC4)n3)cc2)cc1. The summed E-state index contributed by atoms with van der Waals surface area (Å²) in [5.74, 6) is 2.23. The van der Waals surface area contributed by atoms with Gasteiger partial charge in [0.1, 0.15) is 11.6 Å². The number of methoxy groups -OCH3 is 1. The number of nitrogens with zero attached hydrogens (tertiary/aromatic N) is 3. The van der Waals surface area contributed by atoms with Crippen LogP contribution in [0.2, 0.25) is 0 Å². The van der Waals surface area contributed by atoms with Crippen LogP contribution in [-0.4, -0.2) is 49.3 Å². The number of morpholine rings is 1. The van der Waals surface area contributed by atoms with E-state index in [-0.39, 0.29) is 5.91 Å². The third-order valence-electron chi connectivity index (χ3n) is 5.40. The van der Waals surface area contributed by atoms with Gasteiger partial charge in [-0.3, -0.25) is 4.79 Å². The standard InChI is InChI=1S/C25H29N5O3/c1-18-17-23(30-13-15-33-16-14-30)29-25(26-18)28-21-8-6-20(7-9-21)27-24(31)12-5-19-3-10-22(32-2)11-4-19/h3-4,6-11,17H,5,12-16H2,1-2H3,(H,27,31)(H,26,28,29). The number of rotatable bonds is 8. The summed E-state index contributed by atoms with van der Waals surface area (Å²) >= 11 is 0. The fourth-order valence-corrected chi connectivity index (χ4v) is 3.60. The summed E-state index contributed by atoms with van der Waals surface area (Å²) in [6.45, 7) is 5.02. The highest BCUT2D eigenvalue weighted by molar-refractivity contribution is 5.91. The lowest BCUT2D eigenvalue weighted by Crippen LogP contribution is -2.36. The molecule has 3 aromatic rings. The molecule has 1 aliphatic rings. The average Bonchev–Trinajstić information content (AvgIpc) is 2.84. The number of anilines is 4. The maximum Gasteiger partial charge on any atom is 0.229 e. The number of carbonyl (C=O) groups is 1. The lowest BCUT2D eigenvalue weighted by Gasteiger charge is -2.28. The number of hydrogen-bond donors (Lipinski definition) is 2. The highest BCUT2D eigenvalue weighted by Gasteiger charge is 2.14. The Labute approximate surface area is 194 Å². The van der Waals surface area contributed by atoms with E-state index < -0.39 is 0 Å². The first-order chi connectivity index (χ1) is 16.1. The van der Waals surface area contributed by atoms with E-state index in [1.807, 2.05) is 61.5 Å². The van der Waals surface area contributed by atoms with Gasteiger partial charge in [0, 0.05) is 42.6 Å². The fourth-order valence-electron chi connectivity index (χ4n) is 3.60. The second-order valence-corrected chi connectivity index (χ2v) is 7.89. The van der Waals surface area contributed by atoms with Crippen molar-refractivity contribution in [3.63, 3.8) is 0 Å². The molecule has 2 aromatic carbocycles. The van der Waals surface area contributed by atoms with Gasteiger partial charge in [0.2, 0.25) is 11.9 Å². The lowest BCUT2D eigenvalue weighted by atomic mass is 10.1. The van der Waals surface area contributed by atoms with Crippen molar-refractivity contribution < 1.29 is 14.3 Å². The predicted molar refractivity (Wildman–Crippen MR) is 129 cm³/mol. The van der Waals surface area contributed by atoms with Crippen LogP contribution in [-0.2, 0) is 16.0 Å². The van der Waals surface area contributed by atoms with Crippen LogP contribution >= 0.6 is 0 Å². The summed E-state index contributed by atoms with van der Waals surface area (Å²) < 4.78 is 10.6. The largest absolute Gasteiger partial charge is 0.497 e. The van der Waals surface area contributed by atoms with Crippen molar-refractivity contribution in [1.82, 2.24) is 9.97 Å². The maximum absolute atomic E-state index is 12.3. The number of hydrogen-bond acceptors (Lipinski definition) is 7. The van der Waals surface area contributed by atoms with E-state index >= 15 is 0 Å². The minimum atomic E-state index is -0.0244. The monoisotopic (exact) mass is 447 g/mol. The zero-order valence-corrected chi connectivity index (χ0v) is 19.0. The first kappa shape index (κ1) is 22.5. The van der Waals surface area contributed by atoms with Gasteiger partial charge in [-0.1, -0.05) is 12.1 Å². The molecule has 0 spiro atoms. The van der Waals surface area contributed by atoms with Crippen LogP contribution in [0.25, 0.3) is 0 Å². The number of carbonyl (C=O) groups excluding carboxylic acids is 1. The van der Waals surface area contributed by atoms with Gasteiger partial charge in [0.05, 0.1) is 20.3 Å². The Morgan fingerprint density at radius 3 is 2.42 bits per heavy atom. The molecule has 1 aliphatic heterocycles. The van der Waals surface area contributed by atoms with Crippen LogP contribution in [0, 0.1) is 6.92 Å². The third-order valence-corrected chi connectivity index (χ3v) is 5.40. The van der Waals surface area contributed by atoms with Crippen LogP contribution < -0.4 is 20.3 Å². The molecule has 172 valence electrons. The van der Waals surface area contributed by atoms with Crippen molar-refractivity contribution in [2.45, 2.75) is 19.8 Å². The zero-order valence-electron chi connectivity index (χ0n) is 19.0. The van der Waals surface area contributed by atoms with Gasteiger partial charge in [-0.25, -0.2) is 4.98 Å². The fraction of sp³-hybridized carbons (Fsp3) is 0.320. The molecule has 0 saturated carbocycles. The molecular weight excluding hydrogens is 418 g/mol. The van der Waals surface area contributed by atoms with Crippen LogP contribution in [0.1, 0.15) is 17.7 Å². The van der Waals surface area contributed by atoms with Gasteiger partial charge in [-0.05, 0) is 55.3 Å². The molecule has 4 rings (SSSR count). The molecule has 0 atom stereocenters. The Morgan fingerprint density at radius 2 is 1.73 bits per heavy atom.